The van der Waals surface area contributed by atoms with Gasteiger partial charge in [0.2, 0.25) is 0 Å². The van der Waals surface area contributed by atoms with Crippen LogP contribution < -0.4 is 0 Å². The molecule has 0 aliphatic heterocycles. The molecular formula is C31H19F3N2. The molecule has 2 aromatic heterocycles. The van der Waals surface area contributed by atoms with Crippen molar-refractivity contribution in [2.24, 2.45) is 0 Å². The molecule has 174 valence electrons. The van der Waals surface area contributed by atoms with Crippen molar-refractivity contribution < 1.29 is 13.2 Å². The van der Waals surface area contributed by atoms with E-state index in [1.807, 2.05) is 73.1 Å². The first-order valence-electron chi connectivity index (χ1n) is 11.5. The molecule has 6 aromatic rings. The van der Waals surface area contributed by atoms with E-state index in [-0.39, 0.29) is 0 Å². The largest absolute Gasteiger partial charge is 0.416 e. The quantitative estimate of drug-likeness (QED) is 0.255. The van der Waals surface area contributed by atoms with Crippen molar-refractivity contribution in [1.29, 1.82) is 0 Å². The van der Waals surface area contributed by atoms with Gasteiger partial charge in [-0.2, -0.15) is 13.2 Å². The van der Waals surface area contributed by atoms with Crippen molar-refractivity contribution in [2.75, 3.05) is 0 Å². The molecule has 0 amide bonds. The van der Waals surface area contributed by atoms with E-state index < -0.39 is 11.7 Å². The number of halogens is 3. The van der Waals surface area contributed by atoms with Gasteiger partial charge in [-0.3, -0.25) is 9.97 Å². The SMILES string of the molecule is FC(F)(F)c1ccc(-c2ccc3cc(-c4ccc(-c5cnc6ccccc6c5)nc4)ccc3c2)cc1. The van der Waals surface area contributed by atoms with Crippen LogP contribution in [-0.2, 0) is 6.18 Å². The third kappa shape index (κ3) is 4.20. The fourth-order valence-electron chi connectivity index (χ4n) is 4.40. The maximum atomic E-state index is 12.9. The van der Waals surface area contributed by atoms with Gasteiger partial charge in [-0.25, -0.2) is 0 Å². The Balaban J connectivity index is 1.27. The van der Waals surface area contributed by atoms with Crippen molar-refractivity contribution in [2.45, 2.75) is 6.18 Å². The van der Waals surface area contributed by atoms with Crippen LogP contribution in [-0.4, -0.2) is 9.97 Å². The first kappa shape index (κ1) is 22.0. The Morgan fingerprint density at radius 2 is 1.06 bits per heavy atom. The topological polar surface area (TPSA) is 25.8 Å². The highest BCUT2D eigenvalue weighted by atomic mass is 19.4. The van der Waals surface area contributed by atoms with Crippen LogP contribution in [0.1, 0.15) is 5.56 Å². The molecular weight excluding hydrogens is 457 g/mol. The third-order valence-corrected chi connectivity index (χ3v) is 6.37. The number of hydrogen-bond donors (Lipinski definition) is 0. The summed E-state index contributed by atoms with van der Waals surface area (Å²) >= 11 is 0. The van der Waals surface area contributed by atoms with Crippen LogP contribution in [0.2, 0.25) is 0 Å². The van der Waals surface area contributed by atoms with E-state index in [1.165, 1.54) is 12.1 Å². The Morgan fingerprint density at radius 3 is 1.72 bits per heavy atom. The molecule has 2 nitrogen and oxygen atoms in total. The van der Waals surface area contributed by atoms with Crippen molar-refractivity contribution in [3.8, 4) is 33.5 Å². The van der Waals surface area contributed by atoms with Gasteiger partial charge >= 0.3 is 6.18 Å². The standard InChI is InChI=1S/C31H19F3N2/c32-31(33,34)28-12-9-20(10-13-28)21-5-6-23-16-24(8-7-22(23)15-21)26-11-14-30(35-18-26)27-17-25-3-1-2-4-29(25)36-19-27/h1-19H. The fraction of sp³-hybridized carbons (Fsp3) is 0.0323. The monoisotopic (exact) mass is 476 g/mol. The van der Waals surface area contributed by atoms with E-state index in [0.717, 1.165) is 67.3 Å². The van der Waals surface area contributed by atoms with Gasteiger partial charge < -0.3 is 0 Å². The minimum Gasteiger partial charge on any atom is -0.256 e. The summed E-state index contributed by atoms with van der Waals surface area (Å²) in [5.74, 6) is 0. The molecule has 6 rings (SSSR count). The predicted octanol–water partition coefficient (Wildman–Crippen LogP) is 8.80. The zero-order valence-corrected chi connectivity index (χ0v) is 19.0. The number of benzene rings is 4. The lowest BCUT2D eigenvalue weighted by Crippen LogP contribution is -2.03. The minimum atomic E-state index is -4.34. The molecule has 0 radical (unpaired) electrons. The van der Waals surface area contributed by atoms with E-state index >= 15 is 0 Å². The van der Waals surface area contributed by atoms with Crippen LogP contribution in [0.15, 0.2) is 116 Å². The number of rotatable bonds is 3. The molecule has 0 saturated heterocycles. The summed E-state index contributed by atoms with van der Waals surface area (Å²) in [6, 6.07) is 31.5. The van der Waals surface area contributed by atoms with Crippen LogP contribution in [0.4, 0.5) is 13.2 Å². The molecule has 0 unspecified atom stereocenters. The minimum absolute atomic E-state index is 0.645. The van der Waals surface area contributed by atoms with Crippen molar-refractivity contribution >= 4 is 21.7 Å². The molecule has 0 bridgehead atoms. The molecule has 4 aromatic carbocycles. The fourth-order valence-corrected chi connectivity index (χ4v) is 4.40. The second-order valence-electron chi connectivity index (χ2n) is 8.70. The van der Waals surface area contributed by atoms with E-state index in [1.54, 1.807) is 0 Å². The van der Waals surface area contributed by atoms with Crippen LogP contribution in [0.5, 0.6) is 0 Å². The molecule has 36 heavy (non-hydrogen) atoms. The summed E-state index contributed by atoms with van der Waals surface area (Å²) in [6.07, 6.45) is -0.630. The average Bonchev–Trinajstić information content (AvgIpc) is 2.92. The van der Waals surface area contributed by atoms with Gasteiger partial charge in [0.15, 0.2) is 0 Å². The number of fused-ring (bicyclic) bond motifs is 2. The lowest BCUT2D eigenvalue weighted by atomic mass is 9.97. The van der Waals surface area contributed by atoms with Gasteiger partial charge in [-0.15, -0.1) is 0 Å². The normalized spacial score (nSPS) is 11.8. The van der Waals surface area contributed by atoms with Crippen LogP contribution in [0.3, 0.4) is 0 Å². The summed E-state index contributed by atoms with van der Waals surface area (Å²) < 4.78 is 38.6. The van der Waals surface area contributed by atoms with Crippen LogP contribution in [0.25, 0.3) is 55.2 Å². The Bertz CT molecular complexity index is 1700. The Kier molecular flexibility index (Phi) is 5.26. The first-order chi connectivity index (χ1) is 17.4. The maximum absolute atomic E-state index is 12.9. The number of pyridine rings is 2. The summed E-state index contributed by atoms with van der Waals surface area (Å²) in [7, 11) is 0. The number of nitrogens with zero attached hydrogens (tertiary/aromatic N) is 2. The summed E-state index contributed by atoms with van der Waals surface area (Å²) in [6.45, 7) is 0. The van der Waals surface area contributed by atoms with Gasteiger partial charge in [0.1, 0.15) is 0 Å². The Hall–Kier alpha value is -4.51. The van der Waals surface area contributed by atoms with Gasteiger partial charge in [-0.1, -0.05) is 60.7 Å². The lowest BCUT2D eigenvalue weighted by molar-refractivity contribution is -0.137. The molecule has 0 aliphatic carbocycles. The van der Waals surface area contributed by atoms with E-state index in [2.05, 4.69) is 28.2 Å². The molecule has 0 atom stereocenters. The second kappa shape index (κ2) is 8.61. The zero-order valence-electron chi connectivity index (χ0n) is 19.0. The number of aromatic nitrogens is 2. The van der Waals surface area contributed by atoms with Gasteiger partial charge in [0, 0.05) is 28.9 Å². The van der Waals surface area contributed by atoms with Crippen molar-refractivity contribution in [3.63, 3.8) is 0 Å². The van der Waals surface area contributed by atoms with Crippen molar-refractivity contribution in [3.05, 3.63) is 121 Å². The van der Waals surface area contributed by atoms with Crippen molar-refractivity contribution in [1.82, 2.24) is 9.97 Å². The number of hydrogen-bond acceptors (Lipinski definition) is 2. The highest BCUT2D eigenvalue weighted by molar-refractivity contribution is 5.91. The molecule has 0 spiro atoms. The number of alkyl halides is 3. The average molecular weight is 477 g/mol. The molecule has 0 N–H and O–H groups in total. The molecule has 2 heterocycles. The lowest BCUT2D eigenvalue weighted by Gasteiger charge is -2.09. The summed E-state index contributed by atoms with van der Waals surface area (Å²) in [5.41, 5.74) is 5.80. The Labute approximate surface area is 205 Å². The molecule has 0 aliphatic rings. The molecule has 5 heteroatoms. The first-order valence-corrected chi connectivity index (χ1v) is 11.5. The number of para-hydroxylation sites is 1. The Morgan fingerprint density at radius 1 is 0.472 bits per heavy atom. The smallest absolute Gasteiger partial charge is 0.256 e. The summed E-state index contributed by atoms with van der Waals surface area (Å²) in [5, 5.41) is 3.14. The second-order valence-corrected chi connectivity index (χ2v) is 8.70. The van der Waals surface area contributed by atoms with Crippen LogP contribution >= 0.6 is 0 Å². The zero-order chi connectivity index (χ0) is 24.7. The summed E-state index contributed by atoms with van der Waals surface area (Å²) in [4.78, 5) is 9.20. The highest BCUT2D eigenvalue weighted by Gasteiger charge is 2.29. The predicted molar refractivity (Wildman–Crippen MR) is 138 cm³/mol. The van der Waals surface area contributed by atoms with E-state index in [0.29, 0.717) is 0 Å². The van der Waals surface area contributed by atoms with Crippen LogP contribution in [0, 0.1) is 0 Å². The van der Waals surface area contributed by atoms with E-state index in [4.69, 9.17) is 0 Å². The van der Waals surface area contributed by atoms with Gasteiger partial charge in [0.05, 0.1) is 16.8 Å². The maximum Gasteiger partial charge on any atom is 0.416 e. The third-order valence-electron chi connectivity index (χ3n) is 6.37. The highest BCUT2D eigenvalue weighted by Crippen LogP contribution is 2.33. The van der Waals surface area contributed by atoms with E-state index in [9.17, 15) is 13.2 Å². The molecule has 0 fully saturated rings. The van der Waals surface area contributed by atoms with Gasteiger partial charge in [-0.05, 0) is 69.9 Å². The van der Waals surface area contributed by atoms with Gasteiger partial charge in [0.25, 0.3) is 0 Å². The molecule has 0 saturated carbocycles.